The first-order chi connectivity index (χ1) is 9.01. The van der Waals surface area contributed by atoms with Crippen molar-refractivity contribution in [2.24, 2.45) is 0 Å². The molecule has 19 heavy (non-hydrogen) atoms. The van der Waals surface area contributed by atoms with E-state index in [1.54, 1.807) is 18.2 Å². The molecule has 0 spiro atoms. The molecule has 4 nitrogen and oxygen atoms in total. The van der Waals surface area contributed by atoms with Crippen LogP contribution in [0.15, 0.2) is 24.3 Å². The van der Waals surface area contributed by atoms with Crippen molar-refractivity contribution in [1.29, 1.82) is 0 Å². The van der Waals surface area contributed by atoms with Crippen molar-refractivity contribution in [3.63, 3.8) is 0 Å². The lowest BCUT2D eigenvalue weighted by molar-refractivity contribution is 0.0941. The summed E-state index contributed by atoms with van der Waals surface area (Å²) in [5.74, 6) is -0.0737. The first kappa shape index (κ1) is 13.3. The third-order valence-electron chi connectivity index (χ3n) is 3.20. The van der Waals surface area contributed by atoms with E-state index in [4.69, 9.17) is 5.73 Å². The highest BCUT2D eigenvalue weighted by atomic mass is 16.1. The number of pyridine rings is 1. The minimum Gasteiger partial charge on any atom is -0.399 e. The number of hydrogen-bond acceptors (Lipinski definition) is 3. The van der Waals surface area contributed by atoms with Gasteiger partial charge in [0.1, 0.15) is 0 Å². The number of aryl methyl sites for hydroxylation is 1. The molecule has 0 aliphatic rings. The van der Waals surface area contributed by atoms with E-state index >= 15 is 0 Å². The fourth-order valence-electron chi connectivity index (χ4n) is 1.97. The highest BCUT2D eigenvalue weighted by Crippen LogP contribution is 2.21. The zero-order valence-corrected chi connectivity index (χ0v) is 11.5. The van der Waals surface area contributed by atoms with Crippen LogP contribution in [0.3, 0.4) is 0 Å². The molecule has 0 radical (unpaired) electrons. The zero-order chi connectivity index (χ0) is 14.0. The number of nitrogens with one attached hydrogen (secondary N) is 1. The summed E-state index contributed by atoms with van der Waals surface area (Å²) < 4.78 is 0. The van der Waals surface area contributed by atoms with Crippen LogP contribution in [0.2, 0.25) is 0 Å². The van der Waals surface area contributed by atoms with E-state index in [2.05, 4.69) is 10.3 Å². The molecule has 4 heteroatoms. The number of nitrogen functional groups attached to an aromatic ring is 1. The summed E-state index contributed by atoms with van der Waals surface area (Å²) in [5.41, 5.74) is 8.69. The maximum absolute atomic E-state index is 12.3. The number of hydrogen-bond donors (Lipinski definition) is 2. The van der Waals surface area contributed by atoms with Crippen LogP contribution in [0.4, 0.5) is 5.69 Å². The number of fused-ring (bicyclic) bond motifs is 1. The molecule has 100 valence electrons. The number of benzene rings is 1. The molecule has 0 bridgehead atoms. The molecule has 0 aliphatic carbocycles. The minimum absolute atomic E-state index is 0.0737. The van der Waals surface area contributed by atoms with Gasteiger partial charge in [-0.3, -0.25) is 9.78 Å². The number of amides is 1. The fourth-order valence-corrected chi connectivity index (χ4v) is 1.97. The Hall–Kier alpha value is -2.10. The molecule has 2 rings (SSSR count). The summed E-state index contributed by atoms with van der Waals surface area (Å²) >= 11 is 0. The fraction of sp³-hybridized carbons (Fsp3) is 0.333. The lowest BCUT2D eigenvalue weighted by atomic mass is 10.1. The predicted octanol–water partition coefficient (Wildman–Crippen LogP) is 2.65. The molecule has 2 aromatic rings. The van der Waals surface area contributed by atoms with Gasteiger partial charge in [-0.15, -0.1) is 0 Å². The average Bonchev–Trinajstić information content (AvgIpc) is 2.38. The van der Waals surface area contributed by atoms with E-state index < -0.39 is 0 Å². The predicted molar refractivity (Wildman–Crippen MR) is 78.1 cm³/mol. The van der Waals surface area contributed by atoms with E-state index in [0.29, 0.717) is 11.3 Å². The van der Waals surface area contributed by atoms with Crippen LogP contribution < -0.4 is 11.1 Å². The van der Waals surface area contributed by atoms with Crippen LogP contribution in [-0.2, 0) is 0 Å². The second kappa shape index (κ2) is 5.26. The van der Waals surface area contributed by atoms with Gasteiger partial charge >= 0.3 is 0 Å². The normalized spacial score (nSPS) is 12.4. The van der Waals surface area contributed by atoms with Gasteiger partial charge in [-0.1, -0.05) is 6.92 Å². The summed E-state index contributed by atoms with van der Waals surface area (Å²) in [6.07, 6.45) is 0.899. The van der Waals surface area contributed by atoms with Crippen LogP contribution in [0.1, 0.15) is 36.3 Å². The Morgan fingerprint density at radius 1 is 1.42 bits per heavy atom. The smallest absolute Gasteiger partial charge is 0.252 e. The number of carbonyl (C=O) groups excluding carboxylic acids is 1. The molecule has 1 aromatic heterocycles. The Labute approximate surface area is 113 Å². The molecule has 0 fully saturated rings. The Morgan fingerprint density at radius 3 is 2.84 bits per heavy atom. The summed E-state index contributed by atoms with van der Waals surface area (Å²) in [6, 6.07) is 7.40. The van der Waals surface area contributed by atoms with Gasteiger partial charge in [0, 0.05) is 22.8 Å². The van der Waals surface area contributed by atoms with Crippen molar-refractivity contribution in [2.45, 2.75) is 33.2 Å². The summed E-state index contributed by atoms with van der Waals surface area (Å²) in [4.78, 5) is 16.7. The molecule has 1 atom stereocenters. The van der Waals surface area contributed by atoms with E-state index in [1.807, 2.05) is 26.8 Å². The van der Waals surface area contributed by atoms with Gasteiger partial charge in [-0.05, 0) is 44.5 Å². The van der Waals surface area contributed by atoms with Gasteiger partial charge in [0.15, 0.2) is 0 Å². The monoisotopic (exact) mass is 257 g/mol. The second-order valence-electron chi connectivity index (χ2n) is 4.87. The van der Waals surface area contributed by atoms with E-state index in [1.165, 1.54) is 0 Å². The Kier molecular flexibility index (Phi) is 3.69. The topological polar surface area (TPSA) is 68.0 Å². The van der Waals surface area contributed by atoms with Crippen molar-refractivity contribution in [1.82, 2.24) is 10.3 Å². The van der Waals surface area contributed by atoms with Gasteiger partial charge in [0.25, 0.3) is 5.91 Å². The number of nitrogens with two attached hydrogens (primary N) is 1. The highest BCUT2D eigenvalue weighted by molar-refractivity contribution is 6.07. The van der Waals surface area contributed by atoms with Gasteiger partial charge in [-0.25, -0.2) is 0 Å². The number of rotatable bonds is 3. The number of nitrogens with zero attached hydrogens (tertiary/aromatic N) is 1. The highest BCUT2D eigenvalue weighted by Gasteiger charge is 2.13. The number of aromatic nitrogens is 1. The Balaban J connectivity index is 2.52. The number of carbonyl (C=O) groups is 1. The van der Waals surface area contributed by atoms with E-state index in [9.17, 15) is 4.79 Å². The maximum atomic E-state index is 12.3. The largest absolute Gasteiger partial charge is 0.399 e. The molecular formula is C15H19N3O. The van der Waals surface area contributed by atoms with Crippen LogP contribution >= 0.6 is 0 Å². The third-order valence-corrected chi connectivity index (χ3v) is 3.20. The van der Waals surface area contributed by atoms with E-state index in [-0.39, 0.29) is 11.9 Å². The molecule has 0 saturated heterocycles. The van der Waals surface area contributed by atoms with Crippen molar-refractivity contribution in [2.75, 3.05) is 5.73 Å². The van der Waals surface area contributed by atoms with Gasteiger partial charge in [0.05, 0.1) is 11.1 Å². The van der Waals surface area contributed by atoms with Crippen LogP contribution in [0.5, 0.6) is 0 Å². The zero-order valence-electron chi connectivity index (χ0n) is 11.5. The molecule has 3 N–H and O–H groups in total. The summed E-state index contributed by atoms with van der Waals surface area (Å²) in [6.45, 7) is 5.91. The van der Waals surface area contributed by atoms with Crippen LogP contribution in [0.25, 0.3) is 10.9 Å². The standard InChI is InChI=1S/C15H19N3O/c1-4-9(2)18-15(19)13-7-10(3)17-14-6-5-11(16)8-12(13)14/h5-9H,4,16H2,1-3H3,(H,18,19). The molecule has 0 aliphatic heterocycles. The molecule has 1 aromatic carbocycles. The summed E-state index contributed by atoms with van der Waals surface area (Å²) in [7, 11) is 0. The lowest BCUT2D eigenvalue weighted by Gasteiger charge is -2.13. The SMILES string of the molecule is CCC(C)NC(=O)c1cc(C)nc2ccc(N)cc12. The third kappa shape index (κ3) is 2.84. The van der Waals surface area contributed by atoms with Crippen molar-refractivity contribution in [3.8, 4) is 0 Å². The van der Waals surface area contributed by atoms with Gasteiger partial charge < -0.3 is 11.1 Å². The summed E-state index contributed by atoms with van der Waals surface area (Å²) in [5, 5.41) is 3.77. The molecule has 1 amide bonds. The number of anilines is 1. The quantitative estimate of drug-likeness (QED) is 0.831. The maximum Gasteiger partial charge on any atom is 0.252 e. The molecule has 1 unspecified atom stereocenters. The van der Waals surface area contributed by atoms with E-state index in [0.717, 1.165) is 23.0 Å². The molecular weight excluding hydrogens is 238 g/mol. The minimum atomic E-state index is -0.0737. The van der Waals surface area contributed by atoms with Gasteiger partial charge in [0.2, 0.25) is 0 Å². The van der Waals surface area contributed by atoms with Crippen molar-refractivity contribution < 1.29 is 4.79 Å². The lowest BCUT2D eigenvalue weighted by Crippen LogP contribution is -2.32. The van der Waals surface area contributed by atoms with Crippen molar-refractivity contribution in [3.05, 3.63) is 35.5 Å². The first-order valence-electron chi connectivity index (χ1n) is 6.49. The first-order valence-corrected chi connectivity index (χ1v) is 6.49. The Morgan fingerprint density at radius 2 is 2.16 bits per heavy atom. The van der Waals surface area contributed by atoms with Gasteiger partial charge in [-0.2, -0.15) is 0 Å². The van der Waals surface area contributed by atoms with Crippen molar-refractivity contribution >= 4 is 22.5 Å². The van der Waals surface area contributed by atoms with Crippen LogP contribution in [0, 0.1) is 6.92 Å². The Bertz CT molecular complexity index is 622. The second-order valence-corrected chi connectivity index (χ2v) is 4.87. The molecule has 1 heterocycles. The molecule has 0 saturated carbocycles. The van der Waals surface area contributed by atoms with Crippen LogP contribution in [-0.4, -0.2) is 16.9 Å². The average molecular weight is 257 g/mol.